The normalized spacial score (nSPS) is 15.1. The fraction of sp³-hybridized carbons (Fsp3) is 1.00. The van der Waals surface area contributed by atoms with Gasteiger partial charge in [-0.15, -0.1) is 0 Å². The standard InChI is InChI=1S/C16H35O5P/c1-15(2,3)12-8-6-10-14(17)11-7-9-13-16(4,5)21-22(18,19)20/h14,17H,6-13H2,1-5H3,(H2,18,19,20). The Morgan fingerprint density at radius 1 is 0.909 bits per heavy atom. The van der Waals surface area contributed by atoms with Gasteiger partial charge in [0.2, 0.25) is 0 Å². The second kappa shape index (κ2) is 9.39. The number of phosphoric acid groups is 1. The van der Waals surface area contributed by atoms with Crippen molar-refractivity contribution in [3.63, 3.8) is 0 Å². The minimum atomic E-state index is -4.44. The Labute approximate surface area is 135 Å². The van der Waals surface area contributed by atoms with Gasteiger partial charge in [0, 0.05) is 0 Å². The predicted octanol–water partition coefficient (Wildman–Crippen LogP) is 4.40. The van der Waals surface area contributed by atoms with E-state index in [4.69, 9.17) is 14.3 Å². The second-order valence-corrected chi connectivity index (χ2v) is 9.21. The first kappa shape index (κ1) is 22.1. The van der Waals surface area contributed by atoms with Crippen LogP contribution in [0.1, 0.15) is 86.0 Å². The maximum Gasteiger partial charge on any atom is 0.470 e. The second-order valence-electron chi connectivity index (χ2n) is 8.05. The minimum absolute atomic E-state index is 0.272. The van der Waals surface area contributed by atoms with Gasteiger partial charge in [-0.1, -0.05) is 46.5 Å². The average Bonchev–Trinajstić information content (AvgIpc) is 2.26. The molecule has 0 aromatic heterocycles. The molecule has 22 heavy (non-hydrogen) atoms. The molecule has 3 N–H and O–H groups in total. The molecule has 1 unspecified atom stereocenters. The van der Waals surface area contributed by atoms with Gasteiger partial charge in [0.05, 0.1) is 11.7 Å². The monoisotopic (exact) mass is 338 g/mol. The van der Waals surface area contributed by atoms with Crippen molar-refractivity contribution in [3.05, 3.63) is 0 Å². The molecule has 0 aromatic rings. The third kappa shape index (κ3) is 15.0. The summed E-state index contributed by atoms with van der Waals surface area (Å²) in [5.74, 6) is 0. The molecule has 134 valence electrons. The van der Waals surface area contributed by atoms with Crippen molar-refractivity contribution in [1.82, 2.24) is 0 Å². The van der Waals surface area contributed by atoms with Gasteiger partial charge in [0.1, 0.15) is 0 Å². The van der Waals surface area contributed by atoms with E-state index in [0.29, 0.717) is 11.8 Å². The molecule has 0 radical (unpaired) electrons. The quantitative estimate of drug-likeness (QED) is 0.384. The van der Waals surface area contributed by atoms with Crippen LogP contribution in [0.15, 0.2) is 0 Å². The molecule has 6 heteroatoms. The van der Waals surface area contributed by atoms with E-state index in [-0.39, 0.29) is 6.10 Å². The van der Waals surface area contributed by atoms with Crippen molar-refractivity contribution in [2.24, 2.45) is 5.41 Å². The van der Waals surface area contributed by atoms with Gasteiger partial charge in [0.15, 0.2) is 0 Å². The number of aliphatic hydroxyl groups excluding tert-OH is 1. The zero-order chi connectivity index (χ0) is 17.4. The number of aliphatic hydroxyl groups is 1. The molecule has 0 aliphatic heterocycles. The molecule has 1 atom stereocenters. The lowest BCUT2D eigenvalue weighted by atomic mass is 9.89. The Hall–Kier alpha value is 0.0700. The first-order chi connectivity index (χ1) is 9.81. The van der Waals surface area contributed by atoms with Gasteiger partial charge >= 0.3 is 7.82 Å². The lowest BCUT2D eigenvalue weighted by Crippen LogP contribution is -2.22. The van der Waals surface area contributed by atoms with Gasteiger partial charge in [-0.25, -0.2) is 4.57 Å². The molecule has 0 spiro atoms. The molecule has 0 aliphatic rings. The Kier molecular flexibility index (Phi) is 9.42. The fourth-order valence-corrected chi connectivity index (χ4v) is 3.21. The lowest BCUT2D eigenvalue weighted by Gasteiger charge is -2.25. The number of unbranched alkanes of at least 4 members (excludes halogenated alkanes) is 2. The van der Waals surface area contributed by atoms with Crippen LogP contribution in [0.3, 0.4) is 0 Å². The first-order valence-electron chi connectivity index (χ1n) is 8.25. The summed E-state index contributed by atoms with van der Waals surface area (Å²) in [6.45, 7) is 10.0. The van der Waals surface area contributed by atoms with Crippen molar-refractivity contribution in [1.29, 1.82) is 0 Å². The van der Waals surface area contributed by atoms with Crippen molar-refractivity contribution in [2.75, 3.05) is 0 Å². The molecule has 0 saturated carbocycles. The highest BCUT2D eigenvalue weighted by atomic mass is 31.2. The van der Waals surface area contributed by atoms with Crippen LogP contribution in [0, 0.1) is 5.41 Å². The molecule has 0 heterocycles. The van der Waals surface area contributed by atoms with Gasteiger partial charge in [-0.05, 0) is 44.9 Å². The Morgan fingerprint density at radius 2 is 1.36 bits per heavy atom. The molecular weight excluding hydrogens is 303 g/mol. The first-order valence-corrected chi connectivity index (χ1v) is 9.78. The molecule has 0 bridgehead atoms. The Morgan fingerprint density at radius 3 is 1.77 bits per heavy atom. The third-order valence-electron chi connectivity index (χ3n) is 3.65. The topological polar surface area (TPSA) is 87.0 Å². The maximum absolute atomic E-state index is 10.8. The Bertz CT molecular complexity index is 343. The van der Waals surface area contributed by atoms with Crippen molar-refractivity contribution in [3.8, 4) is 0 Å². The highest BCUT2D eigenvalue weighted by molar-refractivity contribution is 7.46. The molecule has 0 saturated heterocycles. The number of rotatable bonds is 11. The van der Waals surface area contributed by atoms with Gasteiger partial charge < -0.3 is 14.9 Å². The maximum atomic E-state index is 10.8. The zero-order valence-corrected chi connectivity index (χ0v) is 15.7. The van der Waals surface area contributed by atoms with Crippen LogP contribution in [0.2, 0.25) is 0 Å². The summed E-state index contributed by atoms with van der Waals surface area (Å²) in [4.78, 5) is 17.6. The van der Waals surface area contributed by atoms with Gasteiger partial charge in [-0.3, -0.25) is 4.52 Å². The summed E-state index contributed by atoms with van der Waals surface area (Å²) in [7, 11) is -4.44. The molecule has 0 aliphatic carbocycles. The van der Waals surface area contributed by atoms with Crippen LogP contribution >= 0.6 is 7.82 Å². The van der Waals surface area contributed by atoms with E-state index in [1.165, 1.54) is 6.42 Å². The van der Waals surface area contributed by atoms with Crippen molar-refractivity contribution in [2.45, 2.75) is 97.7 Å². The minimum Gasteiger partial charge on any atom is -0.393 e. The van der Waals surface area contributed by atoms with E-state index in [1.807, 2.05) is 0 Å². The van der Waals surface area contributed by atoms with Crippen LogP contribution < -0.4 is 0 Å². The van der Waals surface area contributed by atoms with E-state index < -0.39 is 13.4 Å². The molecular formula is C16H35O5P. The summed E-state index contributed by atoms with van der Waals surface area (Å²) in [6, 6.07) is 0. The number of hydrogen-bond donors (Lipinski definition) is 3. The van der Waals surface area contributed by atoms with Gasteiger partial charge in [0.25, 0.3) is 0 Å². The van der Waals surface area contributed by atoms with E-state index in [1.54, 1.807) is 13.8 Å². The summed E-state index contributed by atoms with van der Waals surface area (Å²) in [6.07, 6.45) is 6.85. The van der Waals surface area contributed by atoms with E-state index in [0.717, 1.165) is 38.5 Å². The molecule has 0 amide bonds. The summed E-state index contributed by atoms with van der Waals surface area (Å²) in [5.41, 5.74) is -0.480. The number of hydrogen-bond acceptors (Lipinski definition) is 3. The summed E-state index contributed by atoms with van der Waals surface area (Å²) in [5, 5.41) is 9.94. The zero-order valence-electron chi connectivity index (χ0n) is 14.8. The smallest absolute Gasteiger partial charge is 0.393 e. The average molecular weight is 338 g/mol. The van der Waals surface area contributed by atoms with E-state index in [2.05, 4.69) is 20.8 Å². The molecule has 0 rings (SSSR count). The Balaban J connectivity index is 3.72. The third-order valence-corrected chi connectivity index (χ3v) is 4.38. The summed E-state index contributed by atoms with van der Waals surface area (Å²) < 4.78 is 15.6. The van der Waals surface area contributed by atoms with Crippen LogP contribution in [-0.4, -0.2) is 26.6 Å². The van der Waals surface area contributed by atoms with Gasteiger partial charge in [-0.2, -0.15) is 0 Å². The number of phosphoric ester groups is 1. The van der Waals surface area contributed by atoms with Crippen LogP contribution in [-0.2, 0) is 9.09 Å². The molecule has 0 fully saturated rings. The van der Waals surface area contributed by atoms with Crippen LogP contribution in [0.5, 0.6) is 0 Å². The van der Waals surface area contributed by atoms with Crippen molar-refractivity contribution >= 4 is 7.82 Å². The predicted molar refractivity (Wildman–Crippen MR) is 89.6 cm³/mol. The van der Waals surface area contributed by atoms with E-state index >= 15 is 0 Å². The largest absolute Gasteiger partial charge is 0.470 e. The van der Waals surface area contributed by atoms with E-state index in [9.17, 15) is 9.67 Å². The van der Waals surface area contributed by atoms with Crippen molar-refractivity contribution < 1.29 is 24.0 Å². The summed E-state index contributed by atoms with van der Waals surface area (Å²) >= 11 is 0. The molecule has 0 aromatic carbocycles. The van der Waals surface area contributed by atoms with Crippen LogP contribution in [0.4, 0.5) is 0 Å². The fourth-order valence-electron chi connectivity index (χ4n) is 2.48. The molecule has 5 nitrogen and oxygen atoms in total. The highest BCUT2D eigenvalue weighted by Gasteiger charge is 2.28. The SMILES string of the molecule is CC(C)(C)CCCCC(O)CCCCC(C)(C)OP(=O)(O)O. The highest BCUT2D eigenvalue weighted by Crippen LogP contribution is 2.42. The van der Waals surface area contributed by atoms with Crippen LogP contribution in [0.25, 0.3) is 0 Å². The lowest BCUT2D eigenvalue weighted by molar-refractivity contribution is 0.0541.